The average Bonchev–Trinajstić information content (AvgIpc) is 2.86. The lowest BCUT2D eigenvalue weighted by Gasteiger charge is -2.39. The molecular weight excluding hydrogens is 244 g/mol. The molecular formula is C13H22N4O2. The summed E-state index contributed by atoms with van der Waals surface area (Å²) in [6, 6.07) is 2.18. The van der Waals surface area contributed by atoms with Crippen LogP contribution in [0.5, 0.6) is 0 Å². The van der Waals surface area contributed by atoms with Crippen LogP contribution in [0.2, 0.25) is 0 Å². The Morgan fingerprint density at radius 3 is 3.00 bits per heavy atom. The van der Waals surface area contributed by atoms with Gasteiger partial charge in [0.2, 0.25) is 0 Å². The van der Waals surface area contributed by atoms with Gasteiger partial charge in [-0.15, -0.1) is 0 Å². The Labute approximate surface area is 113 Å². The van der Waals surface area contributed by atoms with Gasteiger partial charge in [-0.25, -0.2) is 5.84 Å². The lowest BCUT2D eigenvalue weighted by atomic mass is 10.1. The number of nitrogens with one attached hydrogen (secondary N) is 1. The van der Waals surface area contributed by atoms with Gasteiger partial charge in [0.25, 0.3) is 5.91 Å². The Hall–Kier alpha value is -1.37. The minimum Gasteiger partial charge on any atom is -0.467 e. The second-order valence-corrected chi connectivity index (χ2v) is 4.94. The van der Waals surface area contributed by atoms with Crippen LogP contribution in [0.4, 0.5) is 0 Å². The summed E-state index contributed by atoms with van der Waals surface area (Å²) in [6.07, 6.45) is 1.53. The molecule has 1 amide bonds. The van der Waals surface area contributed by atoms with E-state index >= 15 is 0 Å². The summed E-state index contributed by atoms with van der Waals surface area (Å²) in [5, 5.41) is 0. The van der Waals surface area contributed by atoms with E-state index in [1.165, 1.54) is 6.26 Å². The maximum absolute atomic E-state index is 11.6. The average molecular weight is 266 g/mol. The zero-order chi connectivity index (χ0) is 13.8. The molecule has 2 heterocycles. The first-order valence-corrected chi connectivity index (χ1v) is 6.69. The Bertz CT molecular complexity index is 432. The van der Waals surface area contributed by atoms with Crippen molar-refractivity contribution < 1.29 is 9.21 Å². The van der Waals surface area contributed by atoms with Gasteiger partial charge in [0.15, 0.2) is 0 Å². The van der Waals surface area contributed by atoms with Gasteiger partial charge in [-0.1, -0.05) is 6.92 Å². The van der Waals surface area contributed by atoms with Crippen LogP contribution in [0.1, 0.15) is 30.0 Å². The summed E-state index contributed by atoms with van der Waals surface area (Å²) in [5.41, 5.74) is 2.67. The van der Waals surface area contributed by atoms with Crippen molar-refractivity contribution in [2.24, 2.45) is 5.84 Å². The molecule has 106 valence electrons. The van der Waals surface area contributed by atoms with Crippen LogP contribution in [-0.2, 0) is 6.54 Å². The van der Waals surface area contributed by atoms with Crippen molar-refractivity contribution in [3.8, 4) is 0 Å². The molecule has 1 aromatic heterocycles. The molecule has 1 fully saturated rings. The number of hydrogen-bond acceptors (Lipinski definition) is 5. The van der Waals surface area contributed by atoms with E-state index in [4.69, 9.17) is 10.3 Å². The zero-order valence-corrected chi connectivity index (χ0v) is 11.6. The van der Waals surface area contributed by atoms with E-state index in [-0.39, 0.29) is 5.91 Å². The molecule has 19 heavy (non-hydrogen) atoms. The van der Waals surface area contributed by atoms with Gasteiger partial charge in [-0.3, -0.25) is 20.0 Å². The molecule has 0 aliphatic carbocycles. The maximum atomic E-state index is 11.6. The number of hydrazine groups is 1. The van der Waals surface area contributed by atoms with Gasteiger partial charge in [0, 0.05) is 25.7 Å². The smallest absolute Gasteiger partial charge is 0.268 e. The summed E-state index contributed by atoms with van der Waals surface area (Å²) >= 11 is 0. The fourth-order valence-corrected chi connectivity index (χ4v) is 2.63. The number of nitrogens with two attached hydrogens (primary N) is 1. The topological polar surface area (TPSA) is 74.7 Å². The highest BCUT2D eigenvalue weighted by atomic mass is 16.3. The SMILES string of the molecule is CCN1CCN(Cc2occc2C(=O)NN)CC1C. The molecule has 3 N–H and O–H groups in total. The van der Waals surface area contributed by atoms with Crippen LogP contribution in [0.15, 0.2) is 16.7 Å². The quantitative estimate of drug-likeness (QED) is 0.469. The molecule has 1 aliphatic heterocycles. The van der Waals surface area contributed by atoms with E-state index < -0.39 is 0 Å². The minimum absolute atomic E-state index is 0.302. The highest BCUT2D eigenvalue weighted by Crippen LogP contribution is 2.16. The number of rotatable bonds is 4. The van der Waals surface area contributed by atoms with Crippen molar-refractivity contribution >= 4 is 5.91 Å². The van der Waals surface area contributed by atoms with Gasteiger partial charge < -0.3 is 4.42 Å². The fraction of sp³-hybridized carbons (Fsp3) is 0.615. The third-order valence-corrected chi connectivity index (χ3v) is 3.74. The van der Waals surface area contributed by atoms with E-state index in [9.17, 15) is 4.79 Å². The van der Waals surface area contributed by atoms with Crippen LogP contribution < -0.4 is 11.3 Å². The summed E-state index contributed by atoms with van der Waals surface area (Å²) in [6.45, 7) is 9.17. The van der Waals surface area contributed by atoms with Gasteiger partial charge >= 0.3 is 0 Å². The Balaban J connectivity index is 1.99. The predicted molar refractivity (Wildman–Crippen MR) is 72.3 cm³/mol. The monoisotopic (exact) mass is 266 g/mol. The predicted octanol–water partition coefficient (Wildman–Crippen LogP) is 0.409. The second-order valence-electron chi connectivity index (χ2n) is 4.94. The van der Waals surface area contributed by atoms with Crippen molar-refractivity contribution in [1.29, 1.82) is 0 Å². The van der Waals surface area contributed by atoms with Crippen LogP contribution >= 0.6 is 0 Å². The number of hydrogen-bond donors (Lipinski definition) is 2. The highest BCUT2D eigenvalue weighted by Gasteiger charge is 2.24. The van der Waals surface area contributed by atoms with Crippen LogP contribution in [0.3, 0.4) is 0 Å². The normalized spacial score (nSPS) is 21.5. The zero-order valence-electron chi connectivity index (χ0n) is 11.6. The third kappa shape index (κ3) is 3.15. The largest absolute Gasteiger partial charge is 0.467 e. The summed E-state index contributed by atoms with van der Waals surface area (Å²) in [4.78, 5) is 16.3. The van der Waals surface area contributed by atoms with Crippen LogP contribution in [0.25, 0.3) is 0 Å². The molecule has 6 nitrogen and oxygen atoms in total. The number of carbonyl (C=O) groups is 1. The first-order valence-electron chi connectivity index (χ1n) is 6.69. The van der Waals surface area contributed by atoms with E-state index in [2.05, 4.69) is 29.1 Å². The van der Waals surface area contributed by atoms with Crippen molar-refractivity contribution in [3.63, 3.8) is 0 Å². The van der Waals surface area contributed by atoms with Gasteiger partial charge in [-0.2, -0.15) is 0 Å². The Morgan fingerprint density at radius 2 is 2.37 bits per heavy atom. The van der Waals surface area contributed by atoms with Crippen LogP contribution in [0, 0.1) is 0 Å². The molecule has 1 aliphatic rings. The summed E-state index contributed by atoms with van der Waals surface area (Å²) < 4.78 is 5.41. The highest BCUT2D eigenvalue weighted by molar-refractivity contribution is 5.94. The van der Waals surface area contributed by atoms with Gasteiger partial charge in [0.05, 0.1) is 18.4 Å². The number of furan rings is 1. The number of amides is 1. The van der Waals surface area contributed by atoms with Crippen LogP contribution in [-0.4, -0.2) is 47.9 Å². The number of piperazine rings is 1. The third-order valence-electron chi connectivity index (χ3n) is 3.74. The molecule has 1 aromatic rings. The van der Waals surface area contributed by atoms with Gasteiger partial charge in [0.1, 0.15) is 5.76 Å². The second kappa shape index (κ2) is 6.18. The molecule has 0 aromatic carbocycles. The number of nitrogens with zero attached hydrogens (tertiary/aromatic N) is 2. The molecule has 0 bridgehead atoms. The summed E-state index contributed by atoms with van der Waals surface area (Å²) in [5.74, 6) is 5.54. The van der Waals surface area contributed by atoms with E-state index in [0.717, 1.165) is 26.2 Å². The first-order chi connectivity index (χ1) is 9.15. The molecule has 6 heteroatoms. The molecule has 0 saturated carbocycles. The Morgan fingerprint density at radius 1 is 1.58 bits per heavy atom. The molecule has 1 unspecified atom stereocenters. The number of likely N-dealkylation sites (N-methyl/N-ethyl adjacent to an activating group) is 1. The van der Waals surface area contributed by atoms with Crippen molar-refractivity contribution in [3.05, 3.63) is 23.7 Å². The van der Waals surface area contributed by atoms with E-state index in [1.807, 2.05) is 0 Å². The van der Waals surface area contributed by atoms with Crippen molar-refractivity contribution in [2.75, 3.05) is 26.2 Å². The molecule has 1 saturated heterocycles. The first kappa shape index (κ1) is 14.0. The van der Waals surface area contributed by atoms with Crippen molar-refractivity contribution in [2.45, 2.75) is 26.4 Å². The van der Waals surface area contributed by atoms with Crippen molar-refractivity contribution in [1.82, 2.24) is 15.2 Å². The fourth-order valence-electron chi connectivity index (χ4n) is 2.63. The van der Waals surface area contributed by atoms with E-state index in [1.54, 1.807) is 6.07 Å². The Kier molecular flexibility index (Phi) is 4.57. The standard InChI is InChI=1S/C13H22N4O2/c1-3-17-6-5-16(8-10(17)2)9-12-11(4-7-19-12)13(18)15-14/h4,7,10H,3,5-6,8-9,14H2,1-2H3,(H,15,18). The summed E-state index contributed by atoms with van der Waals surface area (Å²) in [7, 11) is 0. The number of carbonyl (C=O) groups excluding carboxylic acids is 1. The number of nitrogen functional groups attached to an aromatic ring is 1. The van der Waals surface area contributed by atoms with E-state index in [0.29, 0.717) is 23.9 Å². The molecule has 2 rings (SSSR count). The maximum Gasteiger partial charge on any atom is 0.268 e. The molecule has 0 spiro atoms. The minimum atomic E-state index is -0.302. The van der Waals surface area contributed by atoms with Gasteiger partial charge in [-0.05, 0) is 19.5 Å². The molecule has 1 atom stereocenters. The lowest BCUT2D eigenvalue weighted by Crippen LogP contribution is -2.51. The molecule has 0 radical (unpaired) electrons. The lowest BCUT2D eigenvalue weighted by molar-refractivity contribution is 0.0781.